The molecule has 0 aliphatic rings. The highest BCUT2D eigenvalue weighted by molar-refractivity contribution is 6.29. The maximum atomic E-state index is 12.9. The Morgan fingerprint density at radius 3 is 2.64 bits per heavy atom. The van der Waals surface area contributed by atoms with Crippen LogP contribution >= 0.6 is 11.6 Å². The molecule has 0 spiro atoms. The number of anilines is 2. The third kappa shape index (κ3) is 6.55. The topological polar surface area (TPSA) is 133 Å². The number of benzene rings is 1. The van der Waals surface area contributed by atoms with E-state index < -0.39 is 17.6 Å². The molecule has 0 aliphatic heterocycles. The summed E-state index contributed by atoms with van der Waals surface area (Å²) in [6.45, 7) is 7.69. The number of nitrogens with two attached hydrogens (primary N) is 1. The Hall–Kier alpha value is -3.57. The molecular weight excluding hydrogens is 488 g/mol. The third-order valence-electron chi connectivity index (χ3n) is 4.99. The van der Waals surface area contributed by atoms with Gasteiger partial charge in [0.25, 0.3) is 5.91 Å². The number of hydrogen-bond donors (Lipinski definition) is 2. The van der Waals surface area contributed by atoms with Crippen LogP contribution in [-0.2, 0) is 16.1 Å². The second kappa shape index (κ2) is 11.0. The molecule has 0 saturated carbocycles. The van der Waals surface area contributed by atoms with Crippen molar-refractivity contribution in [2.75, 3.05) is 31.4 Å². The molecule has 3 N–H and O–H groups in total. The number of rotatable bonds is 8. The third-order valence-corrected chi connectivity index (χ3v) is 5.17. The summed E-state index contributed by atoms with van der Waals surface area (Å²) >= 11 is 6.19. The first-order valence-electron chi connectivity index (χ1n) is 11.2. The van der Waals surface area contributed by atoms with Crippen molar-refractivity contribution in [1.29, 1.82) is 0 Å². The van der Waals surface area contributed by atoms with Crippen LogP contribution in [0.2, 0.25) is 5.15 Å². The van der Waals surface area contributed by atoms with E-state index in [1.165, 1.54) is 28.7 Å². The maximum absolute atomic E-state index is 12.9. The van der Waals surface area contributed by atoms with E-state index in [4.69, 9.17) is 31.5 Å². The Morgan fingerprint density at radius 2 is 2.00 bits per heavy atom. The predicted molar refractivity (Wildman–Crippen MR) is 137 cm³/mol. The fourth-order valence-electron chi connectivity index (χ4n) is 3.32. The van der Waals surface area contributed by atoms with Crippen molar-refractivity contribution < 1.29 is 23.8 Å². The lowest BCUT2D eigenvalue weighted by atomic mass is 10.2. The molecule has 0 unspecified atom stereocenters. The van der Waals surface area contributed by atoms with Gasteiger partial charge < -0.3 is 25.3 Å². The quantitative estimate of drug-likeness (QED) is 0.431. The van der Waals surface area contributed by atoms with Crippen molar-refractivity contribution in [1.82, 2.24) is 19.9 Å². The maximum Gasteiger partial charge on any atom is 0.414 e. The van der Waals surface area contributed by atoms with Crippen LogP contribution < -0.4 is 20.7 Å². The zero-order valence-corrected chi connectivity index (χ0v) is 21.9. The number of fused-ring (bicyclic) bond motifs is 1. The van der Waals surface area contributed by atoms with Crippen LogP contribution in [0.4, 0.5) is 16.2 Å². The lowest BCUT2D eigenvalue weighted by molar-refractivity contribution is 0.0589. The molecule has 0 bridgehead atoms. The number of aromatic nitrogens is 3. The summed E-state index contributed by atoms with van der Waals surface area (Å²) in [5, 5.41) is 7.13. The molecule has 0 saturated heterocycles. The summed E-state index contributed by atoms with van der Waals surface area (Å²) in [5.41, 5.74) is 7.42. The van der Waals surface area contributed by atoms with Crippen molar-refractivity contribution in [2.24, 2.45) is 0 Å². The van der Waals surface area contributed by atoms with Gasteiger partial charge in [-0.25, -0.2) is 14.3 Å². The number of imidazole rings is 1. The Balaban J connectivity index is 1.68. The minimum Gasteiger partial charge on any atom is -0.495 e. The molecule has 3 rings (SSSR count). The van der Waals surface area contributed by atoms with E-state index in [2.05, 4.69) is 15.4 Å². The van der Waals surface area contributed by atoms with E-state index in [9.17, 15) is 9.59 Å². The summed E-state index contributed by atoms with van der Waals surface area (Å²) in [6.07, 6.45) is 0.777. The molecule has 0 radical (unpaired) electrons. The number of hydrogen-bond acceptors (Lipinski definition) is 8. The lowest BCUT2D eigenvalue weighted by Crippen LogP contribution is -2.36. The first-order chi connectivity index (χ1) is 16.9. The van der Waals surface area contributed by atoms with Gasteiger partial charge in [0.1, 0.15) is 11.4 Å². The molecule has 3 aromatic rings. The lowest BCUT2D eigenvalue weighted by Gasteiger charge is -2.24. The van der Waals surface area contributed by atoms with Crippen LogP contribution in [0.5, 0.6) is 5.75 Å². The number of nitrogen functional groups attached to an aromatic ring is 1. The summed E-state index contributed by atoms with van der Waals surface area (Å²) in [5.74, 6) is 0.175. The Bertz CT molecular complexity index is 1260. The molecule has 11 nitrogen and oxygen atoms in total. The van der Waals surface area contributed by atoms with Gasteiger partial charge in [-0.2, -0.15) is 5.10 Å². The predicted octanol–water partition coefficient (Wildman–Crippen LogP) is 3.68. The zero-order valence-electron chi connectivity index (χ0n) is 21.2. The molecule has 1 atom stereocenters. The van der Waals surface area contributed by atoms with Gasteiger partial charge in [0.2, 0.25) is 0 Å². The molecule has 0 aliphatic carbocycles. The SMILES string of the molecule is COc1ccc(COC[C@@H](C)NC(=O)c2cnc3c(N(C)C(=O)OC(C)(C)C)cc(Cl)nn23)cc1N. The zero-order chi connectivity index (χ0) is 26.6. The number of carbonyl (C=O) groups excluding carboxylic acids is 2. The molecule has 2 aromatic heterocycles. The highest BCUT2D eigenvalue weighted by atomic mass is 35.5. The van der Waals surface area contributed by atoms with Crippen LogP contribution in [0.3, 0.4) is 0 Å². The first kappa shape index (κ1) is 27.0. The second-order valence-electron chi connectivity index (χ2n) is 9.24. The summed E-state index contributed by atoms with van der Waals surface area (Å²) < 4.78 is 17.6. The largest absolute Gasteiger partial charge is 0.495 e. The number of methoxy groups -OCH3 is 1. The van der Waals surface area contributed by atoms with E-state index in [0.717, 1.165) is 5.56 Å². The van der Waals surface area contributed by atoms with Gasteiger partial charge in [0.05, 0.1) is 37.9 Å². The molecule has 0 fully saturated rings. The van der Waals surface area contributed by atoms with E-state index >= 15 is 0 Å². The number of halogens is 1. The average Bonchev–Trinajstić information content (AvgIpc) is 3.20. The van der Waals surface area contributed by atoms with Crippen molar-refractivity contribution >= 4 is 40.6 Å². The number of nitrogens with one attached hydrogen (secondary N) is 1. The van der Waals surface area contributed by atoms with Gasteiger partial charge in [-0.3, -0.25) is 9.69 Å². The second-order valence-corrected chi connectivity index (χ2v) is 9.62. The molecule has 2 amide bonds. The highest BCUT2D eigenvalue weighted by Crippen LogP contribution is 2.25. The van der Waals surface area contributed by atoms with E-state index in [1.807, 2.05) is 13.0 Å². The van der Waals surface area contributed by atoms with Crippen LogP contribution in [-0.4, -0.2) is 59.0 Å². The fourth-order valence-corrected chi connectivity index (χ4v) is 3.50. The van der Waals surface area contributed by atoms with E-state index in [0.29, 0.717) is 23.7 Å². The smallest absolute Gasteiger partial charge is 0.414 e. The van der Waals surface area contributed by atoms with E-state index in [-0.39, 0.29) is 29.1 Å². The highest BCUT2D eigenvalue weighted by Gasteiger charge is 2.25. The number of amides is 2. The Kier molecular flexibility index (Phi) is 8.26. The van der Waals surface area contributed by atoms with Crippen molar-refractivity contribution in [3.05, 3.63) is 46.9 Å². The molecular formula is C24H31ClN6O5. The van der Waals surface area contributed by atoms with Gasteiger partial charge in [-0.1, -0.05) is 17.7 Å². The first-order valence-corrected chi connectivity index (χ1v) is 11.6. The molecule has 1 aromatic carbocycles. The summed E-state index contributed by atoms with van der Waals surface area (Å²) in [6, 6.07) is 6.58. The number of ether oxygens (including phenoxy) is 3. The average molecular weight is 519 g/mol. The molecule has 2 heterocycles. The standard InChI is InChI=1S/C24H31ClN6O5/c1-14(12-35-13-15-7-8-19(34-6)16(26)9-15)28-22(32)18-11-27-21-17(10-20(25)29-31(18)21)30(5)23(33)36-24(2,3)4/h7-11,14H,12-13,26H2,1-6H3,(H,28,32)/t14-/m1/s1. The van der Waals surface area contributed by atoms with Gasteiger partial charge in [-0.15, -0.1) is 0 Å². The van der Waals surface area contributed by atoms with E-state index in [1.54, 1.807) is 40.0 Å². The van der Waals surface area contributed by atoms with Gasteiger partial charge in [0, 0.05) is 19.2 Å². The van der Waals surface area contributed by atoms with Crippen LogP contribution in [0, 0.1) is 0 Å². The summed E-state index contributed by atoms with van der Waals surface area (Å²) in [4.78, 5) is 31.1. The van der Waals surface area contributed by atoms with Crippen molar-refractivity contribution in [3.63, 3.8) is 0 Å². The minimum atomic E-state index is -0.683. The summed E-state index contributed by atoms with van der Waals surface area (Å²) in [7, 11) is 3.09. The van der Waals surface area contributed by atoms with Gasteiger partial charge >= 0.3 is 6.09 Å². The van der Waals surface area contributed by atoms with Crippen molar-refractivity contribution in [3.8, 4) is 5.75 Å². The van der Waals surface area contributed by atoms with Crippen LogP contribution in [0.15, 0.2) is 30.5 Å². The van der Waals surface area contributed by atoms with Crippen molar-refractivity contribution in [2.45, 2.75) is 45.9 Å². The Labute approximate surface area is 214 Å². The fraction of sp³-hybridized carbons (Fsp3) is 0.417. The minimum absolute atomic E-state index is 0.0788. The van der Waals surface area contributed by atoms with Crippen LogP contribution in [0.1, 0.15) is 43.7 Å². The molecule has 194 valence electrons. The number of nitrogens with zero attached hydrogens (tertiary/aromatic N) is 4. The molecule has 12 heteroatoms. The normalized spacial score (nSPS) is 12.3. The van der Waals surface area contributed by atoms with Gasteiger partial charge in [-0.05, 0) is 45.4 Å². The van der Waals surface area contributed by atoms with Crippen LogP contribution in [0.25, 0.3) is 5.65 Å². The number of carbonyl (C=O) groups is 2. The van der Waals surface area contributed by atoms with Gasteiger partial charge in [0.15, 0.2) is 16.5 Å². The monoisotopic (exact) mass is 518 g/mol. The Morgan fingerprint density at radius 1 is 1.28 bits per heavy atom. The molecule has 36 heavy (non-hydrogen) atoms.